The Labute approximate surface area is 125 Å². The predicted molar refractivity (Wildman–Crippen MR) is 84.0 cm³/mol. The van der Waals surface area contributed by atoms with Gasteiger partial charge >= 0.3 is 0 Å². The van der Waals surface area contributed by atoms with Crippen molar-refractivity contribution in [3.05, 3.63) is 23.8 Å². The van der Waals surface area contributed by atoms with E-state index in [0.717, 1.165) is 36.2 Å². The van der Waals surface area contributed by atoms with Gasteiger partial charge in [-0.3, -0.25) is 9.59 Å². The van der Waals surface area contributed by atoms with Gasteiger partial charge in [-0.05, 0) is 49.9 Å². The van der Waals surface area contributed by atoms with Crippen LogP contribution in [0.15, 0.2) is 18.2 Å². The normalized spacial score (nSPS) is 21.1. The van der Waals surface area contributed by atoms with Crippen LogP contribution in [0.2, 0.25) is 0 Å². The number of hydrogen-bond acceptors (Lipinski definition) is 3. The van der Waals surface area contributed by atoms with E-state index < -0.39 is 0 Å². The van der Waals surface area contributed by atoms with Crippen molar-refractivity contribution in [3.8, 4) is 0 Å². The Hall–Kier alpha value is -1.88. The van der Waals surface area contributed by atoms with Gasteiger partial charge in [-0.15, -0.1) is 0 Å². The van der Waals surface area contributed by atoms with Gasteiger partial charge in [0.2, 0.25) is 11.8 Å². The molecule has 0 heterocycles. The van der Waals surface area contributed by atoms with Crippen LogP contribution in [0.4, 0.5) is 11.4 Å². The molecule has 5 heteroatoms. The third-order valence-electron chi connectivity index (χ3n) is 4.20. The van der Waals surface area contributed by atoms with Crippen molar-refractivity contribution in [1.82, 2.24) is 0 Å². The Morgan fingerprint density at radius 3 is 2.52 bits per heavy atom. The molecule has 1 fully saturated rings. The number of carbonyl (C=O) groups is 2. The highest BCUT2D eigenvalue weighted by molar-refractivity contribution is 5.96. The first-order valence-electron chi connectivity index (χ1n) is 7.41. The van der Waals surface area contributed by atoms with Gasteiger partial charge in [0.05, 0.1) is 0 Å². The minimum atomic E-state index is -0.124. The topological polar surface area (TPSA) is 84.2 Å². The average Bonchev–Trinajstić information content (AvgIpc) is 2.91. The number of hydrogen-bond donors (Lipinski definition) is 3. The van der Waals surface area contributed by atoms with E-state index in [9.17, 15) is 9.59 Å². The lowest BCUT2D eigenvalue weighted by Gasteiger charge is -2.19. The van der Waals surface area contributed by atoms with E-state index >= 15 is 0 Å². The van der Waals surface area contributed by atoms with Gasteiger partial charge in [0.25, 0.3) is 0 Å². The van der Waals surface area contributed by atoms with Crippen LogP contribution in [0, 0.1) is 18.8 Å². The standard InChI is InChI=1S/C16H23N3O2/c1-10-14(18-11(2)20)7-4-8-15(10)19-16(21)13-6-3-5-12(13)9-17/h4,7-8,12-13H,3,5-6,9,17H2,1-2H3,(H,18,20)(H,19,21)/t12-,13-/m1/s1. The molecule has 2 rings (SSSR count). The molecule has 0 aromatic heterocycles. The molecular formula is C16H23N3O2. The lowest BCUT2D eigenvalue weighted by atomic mass is 9.95. The smallest absolute Gasteiger partial charge is 0.227 e. The molecule has 1 aliphatic rings. The van der Waals surface area contributed by atoms with Gasteiger partial charge in [-0.2, -0.15) is 0 Å². The van der Waals surface area contributed by atoms with Gasteiger partial charge in [-0.25, -0.2) is 0 Å². The second-order valence-electron chi connectivity index (χ2n) is 5.68. The van der Waals surface area contributed by atoms with Crippen molar-refractivity contribution in [2.45, 2.75) is 33.1 Å². The van der Waals surface area contributed by atoms with Crippen molar-refractivity contribution in [1.29, 1.82) is 0 Å². The molecule has 0 aliphatic heterocycles. The molecule has 2 atom stereocenters. The lowest BCUT2D eigenvalue weighted by molar-refractivity contribution is -0.120. The van der Waals surface area contributed by atoms with Gasteiger partial charge in [0, 0.05) is 24.2 Å². The van der Waals surface area contributed by atoms with Crippen LogP contribution in [-0.4, -0.2) is 18.4 Å². The quantitative estimate of drug-likeness (QED) is 0.795. The first kappa shape index (κ1) is 15.5. The highest BCUT2D eigenvalue weighted by Gasteiger charge is 2.32. The fraction of sp³-hybridized carbons (Fsp3) is 0.500. The highest BCUT2D eigenvalue weighted by atomic mass is 16.2. The van der Waals surface area contributed by atoms with Crippen molar-refractivity contribution < 1.29 is 9.59 Å². The predicted octanol–water partition coefficient (Wildman–Crippen LogP) is 2.27. The Bertz CT molecular complexity index is 542. The number of carbonyl (C=O) groups excluding carboxylic acids is 2. The molecule has 0 saturated heterocycles. The zero-order valence-corrected chi connectivity index (χ0v) is 12.6. The first-order valence-corrected chi connectivity index (χ1v) is 7.41. The summed E-state index contributed by atoms with van der Waals surface area (Å²) in [7, 11) is 0. The summed E-state index contributed by atoms with van der Waals surface area (Å²) < 4.78 is 0. The third kappa shape index (κ3) is 3.61. The molecule has 1 aromatic carbocycles. The maximum Gasteiger partial charge on any atom is 0.227 e. The summed E-state index contributed by atoms with van der Waals surface area (Å²) in [5.41, 5.74) is 8.07. The van der Waals surface area contributed by atoms with Gasteiger partial charge in [-0.1, -0.05) is 12.5 Å². The molecule has 5 nitrogen and oxygen atoms in total. The molecule has 1 aliphatic carbocycles. The molecular weight excluding hydrogens is 266 g/mol. The fourth-order valence-corrected chi connectivity index (χ4v) is 2.99. The largest absolute Gasteiger partial charge is 0.330 e. The van der Waals surface area contributed by atoms with Crippen LogP contribution in [0.5, 0.6) is 0 Å². The van der Waals surface area contributed by atoms with Crippen LogP contribution >= 0.6 is 0 Å². The fourth-order valence-electron chi connectivity index (χ4n) is 2.99. The molecule has 4 N–H and O–H groups in total. The van der Waals surface area contributed by atoms with E-state index in [0.29, 0.717) is 6.54 Å². The third-order valence-corrected chi connectivity index (χ3v) is 4.20. The second-order valence-corrected chi connectivity index (χ2v) is 5.68. The molecule has 114 valence electrons. The van der Waals surface area contributed by atoms with Crippen molar-refractivity contribution in [3.63, 3.8) is 0 Å². The van der Waals surface area contributed by atoms with Crippen LogP contribution in [-0.2, 0) is 9.59 Å². The molecule has 1 aromatic rings. The van der Waals surface area contributed by atoms with Gasteiger partial charge < -0.3 is 16.4 Å². The SMILES string of the molecule is CC(=O)Nc1cccc(NC(=O)[C@@H]2CCC[C@@H]2CN)c1C. The highest BCUT2D eigenvalue weighted by Crippen LogP contribution is 2.32. The maximum absolute atomic E-state index is 12.4. The maximum atomic E-state index is 12.4. The van der Waals surface area contributed by atoms with Crippen molar-refractivity contribution in [2.24, 2.45) is 17.6 Å². The summed E-state index contributed by atoms with van der Waals surface area (Å²) in [4.78, 5) is 23.6. The number of benzene rings is 1. The summed E-state index contributed by atoms with van der Waals surface area (Å²) in [6, 6.07) is 5.50. The van der Waals surface area contributed by atoms with Crippen LogP contribution in [0.1, 0.15) is 31.7 Å². The summed E-state index contributed by atoms with van der Waals surface area (Å²) in [6.45, 7) is 3.91. The summed E-state index contributed by atoms with van der Waals surface area (Å²) in [5.74, 6) is 0.189. The second kappa shape index (κ2) is 6.72. The van der Waals surface area contributed by atoms with Crippen molar-refractivity contribution >= 4 is 23.2 Å². The van der Waals surface area contributed by atoms with Crippen molar-refractivity contribution in [2.75, 3.05) is 17.2 Å². The molecule has 2 amide bonds. The molecule has 1 saturated carbocycles. The number of rotatable bonds is 4. The van der Waals surface area contributed by atoms with Crippen LogP contribution < -0.4 is 16.4 Å². The Kier molecular flexibility index (Phi) is 4.96. The Morgan fingerprint density at radius 1 is 1.24 bits per heavy atom. The van der Waals surface area contributed by atoms with E-state index in [1.54, 1.807) is 0 Å². The summed E-state index contributed by atoms with van der Waals surface area (Å²) in [5, 5.41) is 5.75. The summed E-state index contributed by atoms with van der Waals surface area (Å²) >= 11 is 0. The average molecular weight is 289 g/mol. The van der Waals surface area contributed by atoms with E-state index in [1.165, 1.54) is 6.92 Å². The van der Waals surface area contributed by atoms with Gasteiger partial charge in [0.1, 0.15) is 0 Å². The van der Waals surface area contributed by atoms with Crippen LogP contribution in [0.25, 0.3) is 0 Å². The zero-order valence-electron chi connectivity index (χ0n) is 12.6. The number of amides is 2. The number of anilines is 2. The van der Waals surface area contributed by atoms with E-state index in [-0.39, 0.29) is 23.7 Å². The minimum Gasteiger partial charge on any atom is -0.330 e. The molecule has 0 bridgehead atoms. The molecule has 0 spiro atoms. The zero-order chi connectivity index (χ0) is 15.4. The number of nitrogens with one attached hydrogen (secondary N) is 2. The molecule has 0 radical (unpaired) electrons. The Morgan fingerprint density at radius 2 is 1.90 bits per heavy atom. The summed E-state index contributed by atoms with van der Waals surface area (Å²) in [6.07, 6.45) is 2.99. The minimum absolute atomic E-state index is 0.00109. The monoisotopic (exact) mass is 289 g/mol. The van der Waals surface area contributed by atoms with E-state index in [4.69, 9.17) is 5.73 Å². The van der Waals surface area contributed by atoms with E-state index in [2.05, 4.69) is 10.6 Å². The lowest BCUT2D eigenvalue weighted by Crippen LogP contribution is -2.30. The molecule has 0 unspecified atom stereocenters. The number of nitrogens with two attached hydrogens (primary N) is 1. The first-order chi connectivity index (χ1) is 10.0. The van der Waals surface area contributed by atoms with E-state index in [1.807, 2.05) is 25.1 Å². The van der Waals surface area contributed by atoms with Crippen LogP contribution in [0.3, 0.4) is 0 Å². The molecule has 21 heavy (non-hydrogen) atoms. The Balaban J connectivity index is 2.12. The van der Waals surface area contributed by atoms with Gasteiger partial charge in [0.15, 0.2) is 0 Å².